The Balaban J connectivity index is 1.91. The maximum Gasteiger partial charge on any atom is 0.243 e. The molecule has 6 heteroatoms. The average molecular weight is 373 g/mol. The molecule has 27 heavy (non-hydrogen) atoms. The molecule has 148 valence electrons. The number of nitrogens with one attached hydrogen (secondary N) is 1. The second-order valence-electron chi connectivity index (χ2n) is 7.25. The average Bonchev–Trinajstić information content (AvgIpc) is 2.70. The number of anilines is 1. The second kappa shape index (κ2) is 10.7. The van der Waals surface area contributed by atoms with Gasteiger partial charge in [0.25, 0.3) is 0 Å². The van der Waals surface area contributed by atoms with Gasteiger partial charge in [0, 0.05) is 38.1 Å². The van der Waals surface area contributed by atoms with Crippen LogP contribution in [-0.4, -0.2) is 42.1 Å². The van der Waals surface area contributed by atoms with E-state index in [1.54, 1.807) is 5.48 Å². The molecule has 1 unspecified atom stereocenters. The van der Waals surface area contributed by atoms with E-state index >= 15 is 0 Å². The van der Waals surface area contributed by atoms with Crippen LogP contribution in [0, 0.1) is 0 Å². The zero-order valence-electron chi connectivity index (χ0n) is 16.6. The van der Waals surface area contributed by atoms with Crippen LogP contribution in [0.5, 0.6) is 0 Å². The molecule has 0 saturated carbocycles. The lowest BCUT2D eigenvalue weighted by Gasteiger charge is -2.38. The first-order chi connectivity index (χ1) is 13.0. The number of hydrogen-bond donors (Lipinski definition) is 2. The standard InChI is InChI=1S/C21H32N4O2/c1-17(2)18-11-7-8-12-19(18)24(3)21-22-14-10-16-25(21)15-9-5-4-6-13-20(26)23-27/h7-8,10-12,14,16-17,21,27H,4-6,9,13,15H2,1-3H3,(H,23,26). The highest BCUT2D eigenvalue weighted by Gasteiger charge is 2.22. The number of allylic oxidation sites excluding steroid dienone is 1. The molecule has 1 amide bonds. The van der Waals surface area contributed by atoms with E-state index in [4.69, 9.17) is 10.2 Å². The number of unbranched alkanes of at least 4 members (excludes halogenated alkanes) is 3. The highest BCUT2D eigenvalue weighted by atomic mass is 16.5. The SMILES string of the molecule is CC(C)c1ccccc1N(C)C1N=CC=CN1CCCCCCC(=O)NO. The van der Waals surface area contributed by atoms with Gasteiger partial charge < -0.3 is 9.80 Å². The lowest BCUT2D eigenvalue weighted by Crippen LogP contribution is -2.45. The number of nitrogens with zero attached hydrogens (tertiary/aromatic N) is 3. The number of carbonyl (C=O) groups is 1. The van der Waals surface area contributed by atoms with Gasteiger partial charge in [-0.2, -0.15) is 0 Å². The van der Waals surface area contributed by atoms with Crippen molar-refractivity contribution in [1.82, 2.24) is 10.4 Å². The minimum absolute atomic E-state index is 0.0462. The summed E-state index contributed by atoms with van der Waals surface area (Å²) >= 11 is 0. The number of amides is 1. The molecule has 0 aliphatic carbocycles. The summed E-state index contributed by atoms with van der Waals surface area (Å²) in [6, 6.07) is 8.51. The number of aliphatic imine (C=N–C) groups is 1. The van der Waals surface area contributed by atoms with Gasteiger partial charge in [-0.25, -0.2) is 10.5 Å². The van der Waals surface area contributed by atoms with E-state index < -0.39 is 0 Å². The molecule has 2 rings (SSSR count). The minimum atomic E-state index is -0.311. The molecule has 1 aromatic rings. The monoisotopic (exact) mass is 372 g/mol. The normalized spacial score (nSPS) is 16.0. The summed E-state index contributed by atoms with van der Waals surface area (Å²) < 4.78 is 0. The van der Waals surface area contributed by atoms with E-state index in [-0.39, 0.29) is 12.2 Å². The van der Waals surface area contributed by atoms with Crippen LogP contribution >= 0.6 is 0 Å². The number of hydrogen-bond acceptors (Lipinski definition) is 5. The smallest absolute Gasteiger partial charge is 0.243 e. The van der Waals surface area contributed by atoms with Gasteiger partial charge in [-0.1, -0.05) is 44.9 Å². The summed E-state index contributed by atoms with van der Waals surface area (Å²) in [5, 5.41) is 8.50. The van der Waals surface area contributed by atoms with Crippen molar-refractivity contribution in [2.45, 2.75) is 58.2 Å². The quantitative estimate of drug-likeness (QED) is 0.371. The van der Waals surface area contributed by atoms with Crippen LogP contribution in [0.25, 0.3) is 0 Å². The third kappa shape index (κ3) is 6.10. The molecule has 1 aliphatic rings. The molecule has 0 fully saturated rings. The number of para-hydroxylation sites is 1. The molecule has 1 atom stereocenters. The van der Waals surface area contributed by atoms with Crippen molar-refractivity contribution in [2.75, 3.05) is 18.5 Å². The number of hydroxylamine groups is 1. The van der Waals surface area contributed by atoms with Crippen molar-refractivity contribution >= 4 is 17.8 Å². The van der Waals surface area contributed by atoms with Gasteiger partial charge in [-0.3, -0.25) is 10.0 Å². The maximum atomic E-state index is 11.0. The van der Waals surface area contributed by atoms with Gasteiger partial charge in [-0.05, 0) is 36.5 Å². The molecular formula is C21H32N4O2. The van der Waals surface area contributed by atoms with Gasteiger partial charge in [-0.15, -0.1) is 0 Å². The molecular weight excluding hydrogens is 340 g/mol. The van der Waals surface area contributed by atoms with E-state index in [0.29, 0.717) is 12.3 Å². The Morgan fingerprint density at radius 2 is 2.00 bits per heavy atom. The van der Waals surface area contributed by atoms with Crippen LogP contribution in [0.1, 0.15) is 57.4 Å². The first-order valence-electron chi connectivity index (χ1n) is 9.75. The van der Waals surface area contributed by atoms with Crippen molar-refractivity contribution in [3.63, 3.8) is 0 Å². The van der Waals surface area contributed by atoms with Crippen molar-refractivity contribution in [2.24, 2.45) is 4.99 Å². The Hall–Kier alpha value is -2.34. The molecule has 2 N–H and O–H groups in total. The highest BCUT2D eigenvalue weighted by molar-refractivity contribution is 5.74. The van der Waals surface area contributed by atoms with Gasteiger partial charge in [0.05, 0.1) is 0 Å². The Kier molecular flexibility index (Phi) is 8.33. The van der Waals surface area contributed by atoms with Gasteiger partial charge in [0.2, 0.25) is 5.91 Å². The summed E-state index contributed by atoms with van der Waals surface area (Å²) in [4.78, 5) is 20.2. The molecule has 0 saturated heterocycles. The summed E-state index contributed by atoms with van der Waals surface area (Å²) in [6.45, 7) is 5.34. The second-order valence-corrected chi connectivity index (χ2v) is 7.25. The third-order valence-corrected chi connectivity index (χ3v) is 4.86. The van der Waals surface area contributed by atoms with Crippen LogP contribution in [-0.2, 0) is 4.79 Å². The molecule has 1 aromatic carbocycles. The van der Waals surface area contributed by atoms with Gasteiger partial charge in [0.15, 0.2) is 6.29 Å². The van der Waals surface area contributed by atoms with E-state index in [0.717, 1.165) is 32.2 Å². The lowest BCUT2D eigenvalue weighted by molar-refractivity contribution is -0.129. The first-order valence-corrected chi connectivity index (χ1v) is 9.75. The fraction of sp³-hybridized carbons (Fsp3) is 0.524. The topological polar surface area (TPSA) is 68.2 Å². The predicted octanol–water partition coefficient (Wildman–Crippen LogP) is 3.89. The molecule has 6 nitrogen and oxygen atoms in total. The van der Waals surface area contributed by atoms with E-state index in [1.165, 1.54) is 11.3 Å². The molecule has 1 heterocycles. The number of rotatable bonds is 10. The van der Waals surface area contributed by atoms with Crippen LogP contribution in [0.4, 0.5) is 5.69 Å². The lowest BCUT2D eigenvalue weighted by atomic mass is 10.0. The largest absolute Gasteiger partial charge is 0.339 e. The number of benzene rings is 1. The zero-order valence-corrected chi connectivity index (χ0v) is 16.6. The van der Waals surface area contributed by atoms with Crippen LogP contribution in [0.15, 0.2) is 41.5 Å². The molecule has 0 spiro atoms. The first kappa shape index (κ1) is 21.0. The van der Waals surface area contributed by atoms with E-state index in [2.05, 4.69) is 61.2 Å². The van der Waals surface area contributed by atoms with Crippen molar-refractivity contribution in [3.8, 4) is 0 Å². The van der Waals surface area contributed by atoms with Crippen LogP contribution in [0.3, 0.4) is 0 Å². The maximum absolute atomic E-state index is 11.0. The fourth-order valence-electron chi connectivity index (χ4n) is 3.36. The molecule has 1 aliphatic heterocycles. The van der Waals surface area contributed by atoms with E-state index in [1.807, 2.05) is 12.3 Å². The van der Waals surface area contributed by atoms with Gasteiger partial charge in [0.1, 0.15) is 0 Å². The minimum Gasteiger partial charge on any atom is -0.339 e. The van der Waals surface area contributed by atoms with Crippen molar-refractivity contribution in [1.29, 1.82) is 0 Å². The van der Waals surface area contributed by atoms with Crippen molar-refractivity contribution < 1.29 is 10.0 Å². The fourth-order valence-corrected chi connectivity index (χ4v) is 3.36. The van der Waals surface area contributed by atoms with Crippen molar-refractivity contribution in [3.05, 3.63) is 42.1 Å². The van der Waals surface area contributed by atoms with Gasteiger partial charge >= 0.3 is 0 Å². The third-order valence-electron chi connectivity index (χ3n) is 4.86. The molecule has 0 aromatic heterocycles. The summed E-state index contributed by atoms with van der Waals surface area (Å²) in [5.41, 5.74) is 4.21. The van der Waals surface area contributed by atoms with E-state index in [9.17, 15) is 4.79 Å². The van der Waals surface area contributed by atoms with Crippen LogP contribution < -0.4 is 10.4 Å². The Morgan fingerprint density at radius 1 is 1.26 bits per heavy atom. The molecule has 0 radical (unpaired) electrons. The summed E-state index contributed by atoms with van der Waals surface area (Å²) in [5.74, 6) is 0.144. The van der Waals surface area contributed by atoms with Crippen LogP contribution in [0.2, 0.25) is 0 Å². The Bertz CT molecular complexity index is 657. The summed E-state index contributed by atoms with van der Waals surface area (Å²) in [7, 11) is 2.10. The molecule has 0 bridgehead atoms. The zero-order chi connectivity index (χ0) is 19.6. The summed E-state index contributed by atoms with van der Waals surface area (Å²) in [6.07, 6.45) is 10.1. The highest BCUT2D eigenvalue weighted by Crippen LogP contribution is 2.29. The Labute approximate surface area is 162 Å². The predicted molar refractivity (Wildman–Crippen MR) is 110 cm³/mol. The Morgan fingerprint density at radius 3 is 2.74 bits per heavy atom. The number of carbonyl (C=O) groups excluding carboxylic acids is 1.